The smallest absolute Gasteiger partial charge is 0.228 e. The molecule has 1 aliphatic rings. The Hall–Kier alpha value is -1.79. The van der Waals surface area contributed by atoms with Crippen LogP contribution in [-0.2, 0) is 11.2 Å². The van der Waals surface area contributed by atoms with Crippen LogP contribution in [-0.4, -0.2) is 45.1 Å². The van der Waals surface area contributed by atoms with E-state index >= 15 is 0 Å². The van der Waals surface area contributed by atoms with Gasteiger partial charge in [-0.15, -0.1) is 11.3 Å². The van der Waals surface area contributed by atoms with Crippen molar-refractivity contribution in [3.8, 4) is 10.7 Å². The van der Waals surface area contributed by atoms with Gasteiger partial charge in [-0.25, -0.2) is 4.98 Å². The lowest BCUT2D eigenvalue weighted by Crippen LogP contribution is -2.39. The Balaban J connectivity index is 1.68. The van der Waals surface area contributed by atoms with Gasteiger partial charge in [0.05, 0.1) is 17.8 Å². The first kappa shape index (κ1) is 16.1. The SMILES string of the molecule is CC[C@H]1[C@H](CO)CCN1C(=O)Cc1csc(-c2ccccn2)n1. The van der Waals surface area contributed by atoms with Crippen molar-refractivity contribution in [3.05, 3.63) is 35.5 Å². The summed E-state index contributed by atoms with van der Waals surface area (Å²) < 4.78 is 0. The Morgan fingerprint density at radius 3 is 3.04 bits per heavy atom. The van der Waals surface area contributed by atoms with E-state index in [1.165, 1.54) is 11.3 Å². The van der Waals surface area contributed by atoms with Crippen molar-refractivity contribution in [2.45, 2.75) is 32.2 Å². The highest BCUT2D eigenvalue weighted by Gasteiger charge is 2.35. The third-order valence-electron chi connectivity index (χ3n) is 4.43. The molecular formula is C17H21N3O2S. The van der Waals surface area contributed by atoms with E-state index in [9.17, 15) is 9.90 Å². The minimum Gasteiger partial charge on any atom is -0.396 e. The molecule has 0 bridgehead atoms. The molecule has 1 saturated heterocycles. The first-order chi connectivity index (χ1) is 11.2. The fourth-order valence-electron chi connectivity index (χ4n) is 3.25. The van der Waals surface area contributed by atoms with Crippen LogP contribution >= 0.6 is 11.3 Å². The molecule has 1 fully saturated rings. The highest BCUT2D eigenvalue weighted by Crippen LogP contribution is 2.28. The van der Waals surface area contributed by atoms with Crippen molar-refractivity contribution in [3.63, 3.8) is 0 Å². The first-order valence-electron chi connectivity index (χ1n) is 7.99. The van der Waals surface area contributed by atoms with E-state index in [1.54, 1.807) is 6.20 Å². The molecule has 3 rings (SSSR count). The van der Waals surface area contributed by atoms with Crippen LogP contribution in [0.4, 0.5) is 0 Å². The number of pyridine rings is 1. The molecule has 23 heavy (non-hydrogen) atoms. The third kappa shape index (κ3) is 3.43. The number of amides is 1. The van der Waals surface area contributed by atoms with E-state index in [4.69, 9.17) is 0 Å². The lowest BCUT2D eigenvalue weighted by Gasteiger charge is -2.26. The average molecular weight is 331 g/mol. The topological polar surface area (TPSA) is 66.3 Å². The van der Waals surface area contributed by atoms with Crippen molar-refractivity contribution < 1.29 is 9.90 Å². The summed E-state index contributed by atoms with van der Waals surface area (Å²) in [5, 5.41) is 12.2. The highest BCUT2D eigenvalue weighted by atomic mass is 32.1. The maximum atomic E-state index is 12.6. The van der Waals surface area contributed by atoms with E-state index in [2.05, 4.69) is 16.9 Å². The fraction of sp³-hybridized carbons (Fsp3) is 0.471. The predicted octanol–water partition coefficient (Wildman–Crippen LogP) is 2.37. The number of rotatable bonds is 5. The van der Waals surface area contributed by atoms with Gasteiger partial charge in [-0.2, -0.15) is 0 Å². The van der Waals surface area contributed by atoms with E-state index in [1.807, 2.05) is 28.5 Å². The molecule has 0 radical (unpaired) electrons. The number of thiazole rings is 1. The van der Waals surface area contributed by atoms with Gasteiger partial charge in [0.2, 0.25) is 5.91 Å². The minimum atomic E-state index is 0.102. The Labute approximate surface area is 140 Å². The van der Waals surface area contributed by atoms with Crippen LogP contribution < -0.4 is 0 Å². The molecule has 3 heterocycles. The van der Waals surface area contributed by atoms with Gasteiger partial charge in [0.1, 0.15) is 5.01 Å². The number of carbonyl (C=O) groups excluding carboxylic acids is 1. The molecule has 2 aromatic rings. The molecule has 1 aliphatic heterocycles. The molecule has 0 unspecified atom stereocenters. The molecular weight excluding hydrogens is 310 g/mol. The average Bonchev–Trinajstić information content (AvgIpc) is 3.21. The molecule has 0 spiro atoms. The maximum absolute atomic E-state index is 12.6. The molecule has 0 aliphatic carbocycles. The summed E-state index contributed by atoms with van der Waals surface area (Å²) >= 11 is 1.51. The van der Waals surface area contributed by atoms with E-state index in [0.717, 1.165) is 35.8 Å². The van der Waals surface area contributed by atoms with Crippen molar-refractivity contribution in [2.75, 3.05) is 13.2 Å². The molecule has 6 heteroatoms. The zero-order valence-electron chi connectivity index (χ0n) is 13.2. The van der Waals surface area contributed by atoms with Gasteiger partial charge in [-0.05, 0) is 25.0 Å². The summed E-state index contributed by atoms with van der Waals surface area (Å²) in [5.41, 5.74) is 1.63. The Bertz CT molecular complexity index is 659. The lowest BCUT2D eigenvalue weighted by atomic mass is 9.99. The summed E-state index contributed by atoms with van der Waals surface area (Å²) in [6.45, 7) is 2.96. The number of hydrogen-bond donors (Lipinski definition) is 1. The molecule has 0 saturated carbocycles. The third-order valence-corrected chi connectivity index (χ3v) is 5.34. The van der Waals surface area contributed by atoms with Gasteiger partial charge in [-0.1, -0.05) is 13.0 Å². The van der Waals surface area contributed by atoms with Crippen molar-refractivity contribution in [2.24, 2.45) is 5.92 Å². The first-order valence-corrected chi connectivity index (χ1v) is 8.87. The monoisotopic (exact) mass is 331 g/mol. The number of aliphatic hydroxyl groups excluding tert-OH is 1. The molecule has 2 aromatic heterocycles. The number of nitrogens with zero attached hydrogens (tertiary/aromatic N) is 3. The second-order valence-corrected chi connectivity index (χ2v) is 6.69. The number of likely N-dealkylation sites (tertiary alicyclic amines) is 1. The van der Waals surface area contributed by atoms with Gasteiger partial charge in [-0.3, -0.25) is 9.78 Å². The fourth-order valence-corrected chi connectivity index (χ4v) is 4.04. The van der Waals surface area contributed by atoms with Gasteiger partial charge in [0.25, 0.3) is 0 Å². The van der Waals surface area contributed by atoms with Crippen LogP contribution in [0.3, 0.4) is 0 Å². The van der Waals surface area contributed by atoms with Crippen molar-refractivity contribution in [1.82, 2.24) is 14.9 Å². The van der Waals surface area contributed by atoms with Crippen LogP contribution in [0.5, 0.6) is 0 Å². The summed E-state index contributed by atoms with van der Waals surface area (Å²) in [6, 6.07) is 5.88. The largest absolute Gasteiger partial charge is 0.396 e. The molecule has 1 N–H and O–H groups in total. The number of hydrogen-bond acceptors (Lipinski definition) is 5. The molecule has 5 nitrogen and oxygen atoms in total. The second-order valence-electron chi connectivity index (χ2n) is 5.83. The molecule has 0 aromatic carbocycles. The van der Waals surface area contributed by atoms with Gasteiger partial charge in [0, 0.05) is 36.7 Å². The van der Waals surface area contributed by atoms with Crippen molar-refractivity contribution >= 4 is 17.2 Å². The lowest BCUT2D eigenvalue weighted by molar-refractivity contribution is -0.131. The predicted molar refractivity (Wildman–Crippen MR) is 90.0 cm³/mol. The zero-order valence-corrected chi connectivity index (χ0v) is 14.0. The number of aliphatic hydroxyl groups is 1. The van der Waals surface area contributed by atoms with E-state index < -0.39 is 0 Å². The Morgan fingerprint density at radius 1 is 1.48 bits per heavy atom. The standard InChI is InChI=1S/C17H21N3O2S/c1-2-15-12(10-21)6-8-20(15)16(22)9-13-11-23-17(19-13)14-5-3-4-7-18-14/h3-5,7,11-12,15,21H,2,6,8-10H2,1H3/t12-,15-/m0/s1. The number of aromatic nitrogens is 2. The highest BCUT2D eigenvalue weighted by molar-refractivity contribution is 7.13. The Kier molecular flexibility index (Phi) is 5.03. The van der Waals surface area contributed by atoms with Gasteiger partial charge < -0.3 is 10.0 Å². The van der Waals surface area contributed by atoms with E-state index in [-0.39, 0.29) is 24.5 Å². The van der Waals surface area contributed by atoms with Crippen LogP contribution in [0, 0.1) is 5.92 Å². The summed E-state index contributed by atoms with van der Waals surface area (Å²) in [5.74, 6) is 0.314. The number of carbonyl (C=O) groups is 1. The van der Waals surface area contributed by atoms with Crippen LogP contribution in [0.1, 0.15) is 25.5 Å². The molecule has 2 atom stereocenters. The maximum Gasteiger partial charge on any atom is 0.228 e. The second kappa shape index (κ2) is 7.19. The van der Waals surface area contributed by atoms with Crippen LogP contribution in [0.15, 0.2) is 29.8 Å². The van der Waals surface area contributed by atoms with Crippen LogP contribution in [0.2, 0.25) is 0 Å². The van der Waals surface area contributed by atoms with Gasteiger partial charge >= 0.3 is 0 Å². The summed E-state index contributed by atoms with van der Waals surface area (Å²) in [6.07, 6.45) is 3.83. The molecule has 122 valence electrons. The summed E-state index contributed by atoms with van der Waals surface area (Å²) in [7, 11) is 0. The Morgan fingerprint density at radius 2 is 2.35 bits per heavy atom. The summed E-state index contributed by atoms with van der Waals surface area (Å²) in [4.78, 5) is 23.3. The minimum absolute atomic E-state index is 0.102. The molecule has 1 amide bonds. The van der Waals surface area contributed by atoms with Crippen LogP contribution in [0.25, 0.3) is 10.7 Å². The van der Waals surface area contributed by atoms with Gasteiger partial charge in [0.15, 0.2) is 0 Å². The zero-order chi connectivity index (χ0) is 16.2. The normalized spacial score (nSPS) is 20.9. The van der Waals surface area contributed by atoms with E-state index in [0.29, 0.717) is 6.42 Å². The van der Waals surface area contributed by atoms with Crippen molar-refractivity contribution in [1.29, 1.82) is 0 Å². The quantitative estimate of drug-likeness (QED) is 0.913.